The number of rotatable bonds is 11. The smallest absolute Gasteiger partial charge is 0.262 e. The first kappa shape index (κ1) is 25.1. The molecule has 0 aliphatic carbocycles. The van der Waals surface area contributed by atoms with Gasteiger partial charge in [0.25, 0.3) is 17.7 Å². The zero-order chi connectivity index (χ0) is 25.0. The molecule has 0 heterocycles. The van der Waals surface area contributed by atoms with E-state index in [9.17, 15) is 19.5 Å². The van der Waals surface area contributed by atoms with E-state index in [1.54, 1.807) is 67.8 Å². The maximum Gasteiger partial charge on any atom is 0.262 e. The second kappa shape index (κ2) is 12.6. The molecule has 182 valence electrons. The summed E-state index contributed by atoms with van der Waals surface area (Å²) in [6.07, 6.45) is 0.542. The molecular formula is C26H27N3O6. The van der Waals surface area contributed by atoms with E-state index in [4.69, 9.17) is 9.47 Å². The van der Waals surface area contributed by atoms with Gasteiger partial charge in [-0.15, -0.1) is 0 Å². The van der Waals surface area contributed by atoms with Gasteiger partial charge in [-0.3, -0.25) is 14.4 Å². The number of hydrogen-bond donors (Lipinski definition) is 4. The number of aromatic hydroxyl groups is 1. The van der Waals surface area contributed by atoms with Crippen LogP contribution in [-0.2, 0) is 4.79 Å². The fourth-order valence-electron chi connectivity index (χ4n) is 3.09. The van der Waals surface area contributed by atoms with E-state index in [1.165, 1.54) is 12.1 Å². The molecule has 9 nitrogen and oxygen atoms in total. The number of hydrogen-bond acceptors (Lipinski definition) is 6. The van der Waals surface area contributed by atoms with Crippen molar-refractivity contribution >= 4 is 23.4 Å². The second-order valence-corrected chi connectivity index (χ2v) is 7.51. The highest BCUT2D eigenvalue weighted by Gasteiger charge is 2.08. The second-order valence-electron chi connectivity index (χ2n) is 7.51. The number of nitrogens with one attached hydrogen (secondary N) is 3. The van der Waals surface area contributed by atoms with Gasteiger partial charge >= 0.3 is 0 Å². The van der Waals surface area contributed by atoms with Gasteiger partial charge in [0.05, 0.1) is 7.11 Å². The van der Waals surface area contributed by atoms with Gasteiger partial charge in [0.1, 0.15) is 17.2 Å². The maximum absolute atomic E-state index is 12.3. The van der Waals surface area contributed by atoms with E-state index in [0.717, 1.165) is 0 Å². The van der Waals surface area contributed by atoms with Gasteiger partial charge in [0, 0.05) is 36.0 Å². The Morgan fingerprint density at radius 1 is 0.800 bits per heavy atom. The Bertz CT molecular complexity index is 1160. The zero-order valence-corrected chi connectivity index (χ0v) is 19.2. The van der Waals surface area contributed by atoms with Crippen LogP contribution in [0.3, 0.4) is 0 Å². The molecule has 3 aromatic carbocycles. The lowest BCUT2D eigenvalue weighted by Crippen LogP contribution is -2.29. The monoisotopic (exact) mass is 477 g/mol. The summed E-state index contributed by atoms with van der Waals surface area (Å²) in [5.74, 6) is 0.244. The highest BCUT2D eigenvalue weighted by Crippen LogP contribution is 2.17. The van der Waals surface area contributed by atoms with Crippen LogP contribution in [0.4, 0.5) is 5.69 Å². The molecule has 35 heavy (non-hydrogen) atoms. The molecule has 0 saturated heterocycles. The standard InChI is InChI=1S/C26H27N3O6/c1-34-23-8-3-6-20(16-23)29-24(31)17-35-22-11-9-18(10-12-22)25(32)27-13-4-14-28-26(33)19-5-2-7-21(30)15-19/h2-3,5-12,15-16,30H,4,13-14,17H2,1H3,(H,27,32)(H,28,33)(H,29,31). The number of carbonyl (C=O) groups excluding carboxylic acids is 3. The van der Waals surface area contributed by atoms with E-state index < -0.39 is 0 Å². The molecule has 0 spiro atoms. The van der Waals surface area contributed by atoms with Gasteiger partial charge in [0.15, 0.2) is 6.61 Å². The Morgan fingerprint density at radius 3 is 2.17 bits per heavy atom. The van der Waals surface area contributed by atoms with Crippen molar-refractivity contribution in [1.29, 1.82) is 0 Å². The number of anilines is 1. The third-order valence-corrected chi connectivity index (χ3v) is 4.87. The Balaban J connectivity index is 1.35. The lowest BCUT2D eigenvalue weighted by molar-refractivity contribution is -0.118. The molecule has 0 aliphatic rings. The van der Waals surface area contributed by atoms with Crippen molar-refractivity contribution in [1.82, 2.24) is 10.6 Å². The van der Waals surface area contributed by atoms with E-state index >= 15 is 0 Å². The SMILES string of the molecule is COc1cccc(NC(=O)COc2ccc(C(=O)NCCCNC(=O)c3cccc(O)c3)cc2)c1. The van der Waals surface area contributed by atoms with Crippen LogP contribution in [0.2, 0.25) is 0 Å². The average Bonchev–Trinajstić information content (AvgIpc) is 2.87. The molecule has 0 aliphatic heterocycles. The fraction of sp³-hybridized carbons (Fsp3) is 0.192. The topological polar surface area (TPSA) is 126 Å². The molecule has 0 radical (unpaired) electrons. The summed E-state index contributed by atoms with van der Waals surface area (Å²) < 4.78 is 10.6. The number of carbonyl (C=O) groups is 3. The third kappa shape index (κ3) is 8.08. The summed E-state index contributed by atoms with van der Waals surface area (Å²) in [4.78, 5) is 36.4. The van der Waals surface area contributed by atoms with Gasteiger partial charge in [-0.05, 0) is 61.0 Å². The highest BCUT2D eigenvalue weighted by atomic mass is 16.5. The van der Waals surface area contributed by atoms with Crippen LogP contribution in [0.15, 0.2) is 72.8 Å². The minimum Gasteiger partial charge on any atom is -0.508 e. The first-order valence-electron chi connectivity index (χ1n) is 11.0. The number of methoxy groups -OCH3 is 1. The number of amides is 3. The molecule has 3 amide bonds. The zero-order valence-electron chi connectivity index (χ0n) is 19.2. The van der Waals surface area contributed by atoms with E-state index in [-0.39, 0.29) is 30.1 Å². The van der Waals surface area contributed by atoms with Crippen molar-refractivity contribution in [3.8, 4) is 17.2 Å². The van der Waals surface area contributed by atoms with Gasteiger partial charge in [-0.25, -0.2) is 0 Å². The normalized spacial score (nSPS) is 10.2. The van der Waals surface area contributed by atoms with E-state index in [0.29, 0.717) is 47.8 Å². The summed E-state index contributed by atoms with van der Waals surface area (Å²) in [7, 11) is 1.55. The Hall–Kier alpha value is -4.53. The highest BCUT2D eigenvalue weighted by molar-refractivity contribution is 5.95. The average molecular weight is 478 g/mol. The van der Waals surface area contributed by atoms with Crippen molar-refractivity contribution in [2.45, 2.75) is 6.42 Å². The minimum absolute atomic E-state index is 0.0258. The predicted molar refractivity (Wildman–Crippen MR) is 131 cm³/mol. The van der Waals surface area contributed by atoms with Gasteiger partial charge in [-0.2, -0.15) is 0 Å². The van der Waals surface area contributed by atoms with Crippen molar-refractivity contribution < 1.29 is 29.0 Å². The molecule has 0 aromatic heterocycles. The van der Waals surface area contributed by atoms with Crippen LogP contribution in [-0.4, -0.2) is 49.6 Å². The molecule has 0 saturated carbocycles. The summed E-state index contributed by atoms with van der Waals surface area (Å²) in [5.41, 5.74) is 1.42. The first-order chi connectivity index (χ1) is 16.9. The molecule has 0 bridgehead atoms. The molecular weight excluding hydrogens is 450 g/mol. The molecule has 3 rings (SSSR count). The van der Waals surface area contributed by atoms with Crippen LogP contribution in [0.5, 0.6) is 17.2 Å². The molecule has 0 unspecified atom stereocenters. The maximum atomic E-state index is 12.3. The summed E-state index contributed by atoms with van der Waals surface area (Å²) in [6, 6.07) is 19.5. The largest absolute Gasteiger partial charge is 0.508 e. The van der Waals surface area contributed by atoms with Crippen molar-refractivity contribution in [3.05, 3.63) is 83.9 Å². The molecule has 0 atom stereocenters. The van der Waals surface area contributed by atoms with Crippen LogP contribution in [0, 0.1) is 0 Å². The minimum atomic E-state index is -0.323. The van der Waals surface area contributed by atoms with Crippen molar-refractivity contribution in [3.63, 3.8) is 0 Å². The lowest BCUT2D eigenvalue weighted by Gasteiger charge is -2.10. The first-order valence-corrected chi connectivity index (χ1v) is 11.0. The van der Waals surface area contributed by atoms with Crippen molar-refractivity contribution in [2.24, 2.45) is 0 Å². The molecule has 3 aromatic rings. The molecule has 0 fully saturated rings. The Morgan fingerprint density at radius 2 is 1.49 bits per heavy atom. The Kier molecular flexibility index (Phi) is 9.07. The van der Waals surface area contributed by atoms with Gasteiger partial charge in [-0.1, -0.05) is 12.1 Å². The lowest BCUT2D eigenvalue weighted by atomic mass is 10.2. The van der Waals surface area contributed by atoms with Gasteiger partial charge < -0.3 is 30.5 Å². The number of phenolic OH excluding ortho intramolecular Hbond substituents is 1. The molecule has 9 heteroatoms. The van der Waals surface area contributed by atoms with Crippen LogP contribution >= 0.6 is 0 Å². The summed E-state index contributed by atoms with van der Waals surface area (Å²) in [6.45, 7) is 0.568. The quantitative estimate of drug-likeness (QED) is 0.315. The van der Waals surface area contributed by atoms with Crippen LogP contribution in [0.1, 0.15) is 27.1 Å². The van der Waals surface area contributed by atoms with Gasteiger partial charge in [0.2, 0.25) is 0 Å². The van der Waals surface area contributed by atoms with Crippen LogP contribution < -0.4 is 25.4 Å². The fourth-order valence-corrected chi connectivity index (χ4v) is 3.09. The summed E-state index contributed by atoms with van der Waals surface area (Å²) in [5, 5.41) is 17.7. The Labute approximate surface area is 203 Å². The third-order valence-electron chi connectivity index (χ3n) is 4.87. The van der Waals surface area contributed by atoms with E-state index in [1.807, 2.05) is 0 Å². The number of phenols is 1. The van der Waals surface area contributed by atoms with Crippen LogP contribution in [0.25, 0.3) is 0 Å². The summed E-state index contributed by atoms with van der Waals surface area (Å²) >= 11 is 0. The predicted octanol–water partition coefficient (Wildman–Crippen LogP) is 2.97. The number of benzene rings is 3. The van der Waals surface area contributed by atoms with E-state index in [2.05, 4.69) is 16.0 Å². The molecule has 4 N–H and O–H groups in total. The number of ether oxygens (including phenoxy) is 2. The van der Waals surface area contributed by atoms with Crippen molar-refractivity contribution in [2.75, 3.05) is 32.1 Å².